The summed E-state index contributed by atoms with van der Waals surface area (Å²) in [6.45, 7) is 3.95. The van der Waals surface area contributed by atoms with Gasteiger partial charge in [0.2, 0.25) is 0 Å². The summed E-state index contributed by atoms with van der Waals surface area (Å²) < 4.78 is 0. The number of fused-ring (bicyclic) bond motifs is 1. The molecule has 0 saturated heterocycles. The molecule has 1 heterocycles. The highest BCUT2D eigenvalue weighted by molar-refractivity contribution is 6.12. The third-order valence-corrected chi connectivity index (χ3v) is 6.60. The van der Waals surface area contributed by atoms with E-state index in [9.17, 15) is 20.6 Å². The molecule has 5 aromatic rings. The average Bonchev–Trinajstić information content (AvgIpc) is 2.92. The molecular formula is C31H21N5O2. The van der Waals surface area contributed by atoms with E-state index < -0.39 is 4.92 Å². The van der Waals surface area contributed by atoms with E-state index in [4.69, 9.17) is 5.73 Å². The van der Waals surface area contributed by atoms with Crippen LogP contribution in [0.3, 0.4) is 0 Å². The van der Waals surface area contributed by atoms with Gasteiger partial charge >= 0.3 is 0 Å². The van der Waals surface area contributed by atoms with Crippen LogP contribution in [0.1, 0.15) is 22.3 Å². The summed E-state index contributed by atoms with van der Waals surface area (Å²) in [5, 5.41) is 32.3. The number of nitrogen functional groups attached to an aromatic ring is 1. The van der Waals surface area contributed by atoms with Crippen LogP contribution in [0.15, 0.2) is 78.9 Å². The van der Waals surface area contributed by atoms with Crippen molar-refractivity contribution >= 4 is 22.4 Å². The SMILES string of the molecule is Cc1ccc(-c2cc(-c3ccc([N+](=O)[O-])cc3)c3c(-c4ccc(C)cc4)c(C#N)c(N)nc3c2C#N)cc1. The molecule has 0 aliphatic heterocycles. The number of nitrogens with two attached hydrogens (primary N) is 1. The summed E-state index contributed by atoms with van der Waals surface area (Å²) in [5.41, 5.74) is 13.5. The van der Waals surface area contributed by atoms with Gasteiger partial charge in [-0.05, 0) is 54.3 Å². The number of aryl methyl sites for hydroxylation is 2. The van der Waals surface area contributed by atoms with Crippen molar-refractivity contribution in [1.29, 1.82) is 10.5 Å². The van der Waals surface area contributed by atoms with E-state index in [0.717, 1.165) is 22.3 Å². The molecule has 0 atom stereocenters. The first-order valence-electron chi connectivity index (χ1n) is 11.8. The minimum Gasteiger partial charge on any atom is -0.383 e. The molecule has 182 valence electrons. The fourth-order valence-corrected chi connectivity index (χ4v) is 4.65. The van der Waals surface area contributed by atoms with E-state index in [-0.39, 0.29) is 17.1 Å². The molecule has 38 heavy (non-hydrogen) atoms. The number of rotatable bonds is 4. The molecule has 0 aliphatic rings. The Morgan fingerprint density at radius 2 is 1.26 bits per heavy atom. The van der Waals surface area contributed by atoms with Crippen molar-refractivity contribution in [2.24, 2.45) is 0 Å². The van der Waals surface area contributed by atoms with E-state index >= 15 is 0 Å². The molecule has 0 fully saturated rings. The van der Waals surface area contributed by atoms with Crippen molar-refractivity contribution in [3.8, 4) is 45.5 Å². The number of non-ortho nitro benzene ring substituents is 1. The van der Waals surface area contributed by atoms with Crippen LogP contribution in [0, 0.1) is 46.6 Å². The zero-order valence-electron chi connectivity index (χ0n) is 20.7. The fraction of sp³-hybridized carbons (Fsp3) is 0.0645. The number of nitro benzene ring substituents is 1. The molecule has 2 N–H and O–H groups in total. The van der Waals surface area contributed by atoms with Crippen molar-refractivity contribution < 1.29 is 4.92 Å². The highest BCUT2D eigenvalue weighted by atomic mass is 16.6. The average molecular weight is 496 g/mol. The first-order valence-corrected chi connectivity index (χ1v) is 11.8. The lowest BCUT2D eigenvalue weighted by atomic mass is 9.85. The Labute approximate surface area is 219 Å². The lowest BCUT2D eigenvalue weighted by molar-refractivity contribution is -0.384. The smallest absolute Gasteiger partial charge is 0.269 e. The molecule has 7 heteroatoms. The number of nitro groups is 1. The lowest BCUT2D eigenvalue weighted by Gasteiger charge is -2.19. The number of hydrogen-bond acceptors (Lipinski definition) is 6. The third-order valence-electron chi connectivity index (χ3n) is 6.60. The van der Waals surface area contributed by atoms with Crippen LogP contribution in [0.2, 0.25) is 0 Å². The summed E-state index contributed by atoms with van der Waals surface area (Å²) in [5.74, 6) is 0.0304. The van der Waals surface area contributed by atoms with Crippen LogP contribution in [-0.4, -0.2) is 9.91 Å². The quantitative estimate of drug-likeness (QED) is 0.209. The minimum atomic E-state index is -0.452. The van der Waals surface area contributed by atoms with Crippen LogP contribution >= 0.6 is 0 Å². The van der Waals surface area contributed by atoms with Crippen LogP contribution in [0.25, 0.3) is 44.3 Å². The van der Waals surface area contributed by atoms with Gasteiger partial charge in [-0.2, -0.15) is 10.5 Å². The van der Waals surface area contributed by atoms with Gasteiger partial charge in [0.25, 0.3) is 5.69 Å². The number of nitriles is 2. The summed E-state index contributed by atoms with van der Waals surface area (Å²) in [4.78, 5) is 15.4. The number of hydrogen-bond donors (Lipinski definition) is 1. The van der Waals surface area contributed by atoms with Crippen molar-refractivity contribution in [3.63, 3.8) is 0 Å². The standard InChI is InChI=1S/C31H21N5O2/c1-18-3-7-20(8-4-18)24-15-25(21-11-13-23(14-12-21)36(37)38)29-28(22-9-5-19(2)6-10-22)27(17-33)31(34)35-30(29)26(24)16-32/h3-15H,1-2H3,(H2,34,35). The second-order valence-electron chi connectivity index (χ2n) is 9.08. The molecule has 0 unspecified atom stereocenters. The molecule has 0 radical (unpaired) electrons. The fourth-order valence-electron chi connectivity index (χ4n) is 4.65. The number of benzene rings is 4. The predicted octanol–water partition coefficient (Wildman–Crippen LogP) is 7.09. The van der Waals surface area contributed by atoms with E-state index in [1.165, 1.54) is 12.1 Å². The Hall–Kier alpha value is -5.53. The van der Waals surface area contributed by atoms with Crippen molar-refractivity contribution in [2.75, 3.05) is 5.73 Å². The highest BCUT2D eigenvalue weighted by Crippen LogP contribution is 2.44. The molecule has 4 aromatic carbocycles. The topological polar surface area (TPSA) is 130 Å². The molecule has 0 spiro atoms. The van der Waals surface area contributed by atoms with Crippen LogP contribution in [-0.2, 0) is 0 Å². The molecule has 0 amide bonds. The number of nitrogens with zero attached hydrogens (tertiary/aromatic N) is 4. The number of aromatic nitrogens is 1. The molecule has 1 aromatic heterocycles. The molecular weight excluding hydrogens is 474 g/mol. The van der Waals surface area contributed by atoms with E-state index in [1.54, 1.807) is 12.1 Å². The van der Waals surface area contributed by atoms with Gasteiger partial charge in [0.1, 0.15) is 23.5 Å². The number of pyridine rings is 1. The molecule has 0 aliphatic carbocycles. The normalized spacial score (nSPS) is 10.6. The summed E-state index contributed by atoms with van der Waals surface area (Å²) in [7, 11) is 0. The van der Waals surface area contributed by atoms with Gasteiger partial charge < -0.3 is 5.73 Å². The van der Waals surface area contributed by atoms with Gasteiger partial charge in [0, 0.05) is 28.6 Å². The van der Waals surface area contributed by atoms with Gasteiger partial charge in [-0.15, -0.1) is 0 Å². The van der Waals surface area contributed by atoms with Crippen LogP contribution in [0.5, 0.6) is 0 Å². The zero-order valence-corrected chi connectivity index (χ0v) is 20.7. The lowest BCUT2D eigenvalue weighted by Crippen LogP contribution is -2.03. The van der Waals surface area contributed by atoms with Gasteiger partial charge in [-0.3, -0.25) is 10.1 Å². The maximum absolute atomic E-state index is 11.3. The van der Waals surface area contributed by atoms with Crippen molar-refractivity contribution in [3.05, 3.63) is 111 Å². The largest absolute Gasteiger partial charge is 0.383 e. The molecule has 5 rings (SSSR count). The van der Waals surface area contributed by atoms with Crippen LogP contribution in [0.4, 0.5) is 11.5 Å². The highest BCUT2D eigenvalue weighted by Gasteiger charge is 2.24. The maximum Gasteiger partial charge on any atom is 0.269 e. The molecule has 0 bridgehead atoms. The van der Waals surface area contributed by atoms with Crippen molar-refractivity contribution in [1.82, 2.24) is 4.98 Å². The van der Waals surface area contributed by atoms with E-state index in [1.807, 2.05) is 68.4 Å². The van der Waals surface area contributed by atoms with E-state index in [0.29, 0.717) is 38.7 Å². The maximum atomic E-state index is 11.3. The zero-order chi connectivity index (χ0) is 27.0. The Morgan fingerprint density at radius 1 is 0.763 bits per heavy atom. The van der Waals surface area contributed by atoms with Crippen LogP contribution < -0.4 is 5.73 Å². The molecule has 7 nitrogen and oxygen atoms in total. The predicted molar refractivity (Wildman–Crippen MR) is 148 cm³/mol. The first-order chi connectivity index (χ1) is 18.3. The Kier molecular flexibility index (Phi) is 6.04. The van der Waals surface area contributed by atoms with E-state index in [2.05, 4.69) is 17.1 Å². The number of anilines is 1. The Bertz CT molecular complexity index is 1810. The third kappa shape index (κ3) is 4.09. The molecule has 0 saturated carbocycles. The second-order valence-corrected chi connectivity index (χ2v) is 9.08. The summed E-state index contributed by atoms with van der Waals surface area (Å²) >= 11 is 0. The van der Waals surface area contributed by atoms with Gasteiger partial charge in [-0.1, -0.05) is 59.7 Å². The van der Waals surface area contributed by atoms with Gasteiger partial charge in [0.05, 0.1) is 16.0 Å². The minimum absolute atomic E-state index is 0.0304. The van der Waals surface area contributed by atoms with Crippen molar-refractivity contribution in [2.45, 2.75) is 13.8 Å². The van der Waals surface area contributed by atoms with Gasteiger partial charge in [-0.25, -0.2) is 4.98 Å². The summed E-state index contributed by atoms with van der Waals surface area (Å²) in [6, 6.07) is 28.1. The van der Waals surface area contributed by atoms with Gasteiger partial charge in [0.15, 0.2) is 0 Å². The second kappa shape index (κ2) is 9.50. The Balaban J connectivity index is 1.99. The Morgan fingerprint density at radius 3 is 1.79 bits per heavy atom. The summed E-state index contributed by atoms with van der Waals surface area (Å²) in [6.07, 6.45) is 0. The first kappa shape index (κ1) is 24.2. The monoisotopic (exact) mass is 495 g/mol.